The van der Waals surface area contributed by atoms with Crippen LogP contribution in [0.2, 0.25) is 0 Å². The van der Waals surface area contributed by atoms with E-state index in [0.717, 1.165) is 0 Å². The second-order valence-corrected chi connectivity index (χ2v) is 6.90. The number of carbonyl (C=O) groups is 2. The van der Waals surface area contributed by atoms with Crippen molar-refractivity contribution in [3.63, 3.8) is 0 Å². The van der Waals surface area contributed by atoms with Crippen LogP contribution in [0.5, 0.6) is 0 Å². The molecular formula is C18H28N4O2. The van der Waals surface area contributed by atoms with Gasteiger partial charge in [-0.1, -0.05) is 44.2 Å². The Labute approximate surface area is 143 Å². The van der Waals surface area contributed by atoms with Crippen LogP contribution in [-0.2, 0) is 4.79 Å². The Morgan fingerprint density at radius 1 is 1.21 bits per heavy atom. The van der Waals surface area contributed by atoms with Crippen molar-refractivity contribution in [3.05, 3.63) is 35.9 Å². The number of hydrogen-bond donors (Lipinski definition) is 3. The molecule has 1 aromatic rings. The summed E-state index contributed by atoms with van der Waals surface area (Å²) >= 11 is 0. The fraction of sp³-hybridized carbons (Fsp3) is 0.556. The Morgan fingerprint density at radius 2 is 1.88 bits per heavy atom. The summed E-state index contributed by atoms with van der Waals surface area (Å²) in [6.07, 6.45) is 0. The lowest BCUT2D eigenvalue weighted by atomic mass is 9.95. The van der Waals surface area contributed by atoms with Gasteiger partial charge in [-0.15, -0.1) is 0 Å². The fourth-order valence-corrected chi connectivity index (χ4v) is 2.95. The van der Waals surface area contributed by atoms with E-state index in [1.54, 1.807) is 0 Å². The van der Waals surface area contributed by atoms with E-state index in [1.165, 1.54) is 5.56 Å². The van der Waals surface area contributed by atoms with Gasteiger partial charge in [0.2, 0.25) is 5.91 Å². The molecule has 0 radical (unpaired) electrons. The van der Waals surface area contributed by atoms with Crippen molar-refractivity contribution in [2.45, 2.75) is 38.8 Å². The molecule has 0 bridgehead atoms. The Hall–Kier alpha value is -1.92. The third-order valence-electron chi connectivity index (χ3n) is 4.46. The van der Waals surface area contributed by atoms with Gasteiger partial charge in [0.15, 0.2) is 0 Å². The first-order chi connectivity index (χ1) is 11.4. The van der Waals surface area contributed by atoms with Crippen LogP contribution in [0.3, 0.4) is 0 Å². The van der Waals surface area contributed by atoms with Gasteiger partial charge in [0.25, 0.3) is 0 Å². The largest absolute Gasteiger partial charge is 0.338 e. The number of benzene rings is 1. The molecule has 3 amide bonds. The van der Waals surface area contributed by atoms with E-state index < -0.39 is 12.1 Å². The average molecular weight is 332 g/mol. The topological polar surface area (TPSA) is 87.5 Å². The molecule has 0 spiro atoms. The number of rotatable bonds is 5. The second kappa shape index (κ2) is 8.26. The first-order valence-electron chi connectivity index (χ1n) is 8.51. The van der Waals surface area contributed by atoms with Crippen molar-refractivity contribution in [1.29, 1.82) is 0 Å². The van der Waals surface area contributed by atoms with E-state index in [4.69, 9.17) is 5.73 Å². The maximum atomic E-state index is 12.3. The molecule has 1 aromatic carbocycles. The van der Waals surface area contributed by atoms with Crippen molar-refractivity contribution in [2.24, 2.45) is 11.7 Å². The van der Waals surface area contributed by atoms with E-state index in [2.05, 4.69) is 22.8 Å². The summed E-state index contributed by atoms with van der Waals surface area (Å²) < 4.78 is 0. The Bertz CT molecular complexity index is 561. The number of hydrogen-bond acceptors (Lipinski definition) is 4. The van der Waals surface area contributed by atoms with Crippen molar-refractivity contribution >= 4 is 11.9 Å². The molecule has 1 fully saturated rings. The van der Waals surface area contributed by atoms with Crippen LogP contribution in [0.4, 0.5) is 4.79 Å². The highest BCUT2D eigenvalue weighted by molar-refractivity contribution is 5.96. The van der Waals surface area contributed by atoms with Gasteiger partial charge in [0, 0.05) is 31.6 Å². The predicted molar refractivity (Wildman–Crippen MR) is 94.6 cm³/mol. The zero-order valence-corrected chi connectivity index (χ0v) is 14.7. The van der Waals surface area contributed by atoms with Crippen LogP contribution < -0.4 is 16.4 Å². The normalized spacial score (nSPS) is 22.4. The van der Waals surface area contributed by atoms with Crippen LogP contribution in [-0.4, -0.2) is 48.6 Å². The van der Waals surface area contributed by atoms with Crippen molar-refractivity contribution in [2.75, 3.05) is 19.6 Å². The summed E-state index contributed by atoms with van der Waals surface area (Å²) in [5.41, 5.74) is 7.46. The molecule has 1 saturated heterocycles. The molecule has 1 heterocycles. The first kappa shape index (κ1) is 18.4. The zero-order valence-electron chi connectivity index (χ0n) is 14.7. The summed E-state index contributed by atoms with van der Waals surface area (Å²) in [5.74, 6) is 0.250. The van der Waals surface area contributed by atoms with Gasteiger partial charge in [0.1, 0.15) is 0 Å². The molecular weight excluding hydrogens is 304 g/mol. The molecule has 24 heavy (non-hydrogen) atoms. The molecule has 0 aromatic heterocycles. The van der Waals surface area contributed by atoms with Crippen LogP contribution in [0.25, 0.3) is 0 Å². The third-order valence-corrected chi connectivity index (χ3v) is 4.46. The van der Waals surface area contributed by atoms with Gasteiger partial charge >= 0.3 is 6.03 Å². The highest BCUT2D eigenvalue weighted by atomic mass is 16.2. The maximum Gasteiger partial charge on any atom is 0.321 e. The molecule has 1 aliphatic heterocycles. The molecule has 0 saturated carbocycles. The van der Waals surface area contributed by atoms with E-state index in [-0.39, 0.29) is 17.9 Å². The third kappa shape index (κ3) is 4.79. The monoisotopic (exact) mass is 332 g/mol. The van der Waals surface area contributed by atoms with Gasteiger partial charge in [-0.25, -0.2) is 4.79 Å². The minimum absolute atomic E-state index is 0.0163. The van der Waals surface area contributed by atoms with E-state index in [1.807, 2.05) is 43.9 Å². The maximum absolute atomic E-state index is 12.3. The van der Waals surface area contributed by atoms with Gasteiger partial charge in [-0.3, -0.25) is 15.0 Å². The zero-order chi connectivity index (χ0) is 17.7. The number of urea groups is 1. The van der Waals surface area contributed by atoms with Crippen molar-refractivity contribution < 1.29 is 9.59 Å². The number of nitrogens with two attached hydrogens (primary N) is 1. The molecule has 3 atom stereocenters. The van der Waals surface area contributed by atoms with Crippen LogP contribution in [0.1, 0.15) is 32.3 Å². The van der Waals surface area contributed by atoms with Crippen LogP contribution in [0.15, 0.2) is 30.3 Å². The number of nitrogens with one attached hydrogen (secondary N) is 2. The molecule has 1 unspecified atom stereocenters. The molecule has 6 nitrogen and oxygen atoms in total. The predicted octanol–water partition coefficient (Wildman–Crippen LogP) is 1.28. The lowest BCUT2D eigenvalue weighted by Crippen LogP contribution is -2.49. The number of imide groups is 1. The Kier molecular flexibility index (Phi) is 6.34. The standard InChI is InChI=1S/C18H28N4O2/c1-12(2)9-20-18(24)21-17(23)13(3)22-10-15(16(19)11-22)14-7-5-4-6-8-14/h4-8,12-13,15-16H,9-11,19H2,1-3H3,(H2,20,21,23,24)/t13?,15-,16+/m0/s1. The van der Waals surface area contributed by atoms with Crippen LogP contribution >= 0.6 is 0 Å². The second-order valence-electron chi connectivity index (χ2n) is 6.90. The average Bonchev–Trinajstić information content (AvgIpc) is 2.94. The smallest absolute Gasteiger partial charge is 0.321 e. The van der Waals surface area contributed by atoms with Crippen LogP contribution in [0, 0.1) is 5.92 Å². The van der Waals surface area contributed by atoms with E-state index in [9.17, 15) is 9.59 Å². The molecule has 132 valence electrons. The van der Waals surface area contributed by atoms with Gasteiger partial charge in [0.05, 0.1) is 6.04 Å². The number of nitrogens with zero attached hydrogens (tertiary/aromatic N) is 1. The minimum Gasteiger partial charge on any atom is -0.338 e. The first-order valence-corrected chi connectivity index (χ1v) is 8.51. The highest BCUT2D eigenvalue weighted by Crippen LogP contribution is 2.27. The summed E-state index contributed by atoms with van der Waals surface area (Å²) in [6.45, 7) is 7.71. The van der Waals surface area contributed by atoms with Crippen molar-refractivity contribution in [3.8, 4) is 0 Å². The lowest BCUT2D eigenvalue weighted by Gasteiger charge is -2.23. The fourth-order valence-electron chi connectivity index (χ4n) is 2.95. The lowest BCUT2D eigenvalue weighted by molar-refractivity contribution is -0.124. The molecule has 4 N–H and O–H groups in total. The Balaban J connectivity index is 1.89. The number of carbonyl (C=O) groups excluding carboxylic acids is 2. The summed E-state index contributed by atoms with van der Waals surface area (Å²) in [4.78, 5) is 26.1. The Morgan fingerprint density at radius 3 is 2.50 bits per heavy atom. The highest BCUT2D eigenvalue weighted by Gasteiger charge is 2.35. The molecule has 1 aliphatic rings. The molecule has 6 heteroatoms. The van der Waals surface area contributed by atoms with Gasteiger partial charge < -0.3 is 11.1 Å². The SMILES string of the molecule is CC(C)CNC(=O)NC(=O)C(C)N1C[C@@H](N)[C@H](c2ccccc2)C1. The molecule has 2 rings (SSSR count). The quantitative estimate of drug-likeness (QED) is 0.758. The summed E-state index contributed by atoms with van der Waals surface area (Å²) in [6, 6.07) is 9.26. The minimum atomic E-state index is -0.441. The number of likely N-dealkylation sites (tertiary alicyclic amines) is 1. The summed E-state index contributed by atoms with van der Waals surface area (Å²) in [5, 5.41) is 5.10. The number of amides is 3. The van der Waals surface area contributed by atoms with Crippen molar-refractivity contribution in [1.82, 2.24) is 15.5 Å². The van der Waals surface area contributed by atoms with Gasteiger partial charge in [-0.05, 0) is 18.4 Å². The van der Waals surface area contributed by atoms with E-state index >= 15 is 0 Å². The van der Waals surface area contributed by atoms with E-state index in [0.29, 0.717) is 25.6 Å². The summed E-state index contributed by atoms with van der Waals surface area (Å²) in [7, 11) is 0. The molecule has 0 aliphatic carbocycles. The van der Waals surface area contributed by atoms with Gasteiger partial charge in [-0.2, -0.15) is 0 Å².